The topological polar surface area (TPSA) is 131 Å². The summed E-state index contributed by atoms with van der Waals surface area (Å²) in [6.07, 6.45) is -6.62. The van der Waals surface area contributed by atoms with Crippen molar-refractivity contribution in [2.45, 2.75) is 30.2 Å². The molecule has 1 aliphatic heterocycles. The Morgan fingerprint density at radius 2 is 2.00 bits per heavy atom. The quantitative estimate of drug-likeness (QED) is 0.281. The third-order valence-corrected chi connectivity index (χ3v) is 2.16. The van der Waals surface area contributed by atoms with E-state index in [0.717, 1.165) is 0 Å². The number of aliphatic hydroxyl groups excluding tert-OH is 5. The molecule has 6 atom stereocenters. The van der Waals surface area contributed by atoms with E-state index in [-0.39, 0.29) is 0 Å². The molecule has 1 heterocycles. The highest BCUT2D eigenvalue weighted by Crippen LogP contribution is 2.30. The third-order valence-electron chi connectivity index (χ3n) is 2.16. The van der Waals surface area contributed by atoms with Crippen LogP contribution in [0.5, 0.6) is 0 Å². The molecule has 0 radical (unpaired) electrons. The first kappa shape index (κ1) is 10.2. The highest BCUT2D eigenvalue weighted by atomic mass is 16.7. The van der Waals surface area contributed by atoms with Gasteiger partial charge in [-0.25, -0.2) is 0 Å². The Morgan fingerprint density at radius 1 is 1.43 bits per heavy atom. The fraction of sp³-hybridized carbons (Fsp3) is 1.00. The first-order valence-electron chi connectivity index (χ1n) is 4.58. The van der Waals surface area contributed by atoms with E-state index >= 15 is 0 Å². The smallest absolute Gasteiger partial charge is 0.219 e. The van der Waals surface area contributed by atoms with Crippen LogP contribution in [0, 0.1) is 0 Å². The summed E-state index contributed by atoms with van der Waals surface area (Å²) in [6.45, 7) is -2.95. The molecule has 0 aromatic heterocycles. The van der Waals surface area contributed by atoms with Crippen molar-refractivity contribution in [3.63, 3.8) is 0 Å². The molecule has 0 spiro atoms. The summed E-state index contributed by atoms with van der Waals surface area (Å²) >= 11 is 0. The molecule has 1 fully saturated rings. The van der Waals surface area contributed by atoms with Crippen molar-refractivity contribution >= 4 is 0 Å². The molecular formula is C7H14O7. The van der Waals surface area contributed by atoms with Crippen molar-refractivity contribution in [3.8, 4) is 0 Å². The van der Waals surface area contributed by atoms with Crippen LogP contribution in [0.3, 0.4) is 0 Å². The van der Waals surface area contributed by atoms with Gasteiger partial charge in [0.05, 0.1) is 14.6 Å². The van der Waals surface area contributed by atoms with Gasteiger partial charge in [-0.1, -0.05) is 0 Å². The lowest BCUT2D eigenvalue weighted by molar-refractivity contribution is -0.254. The minimum absolute atomic E-state index is 0.751. The fourth-order valence-electron chi connectivity index (χ4n) is 1.30. The lowest BCUT2D eigenvalue weighted by Gasteiger charge is -2.23. The van der Waals surface area contributed by atoms with Gasteiger partial charge in [0.2, 0.25) is 5.79 Å². The number of ether oxygens (including phenoxy) is 1. The summed E-state index contributed by atoms with van der Waals surface area (Å²) in [7, 11) is 0. The molecule has 0 aliphatic carbocycles. The van der Waals surface area contributed by atoms with Crippen LogP contribution in [0.1, 0.15) is 1.37 Å². The van der Waals surface area contributed by atoms with Crippen molar-refractivity contribution in [1.29, 1.82) is 0 Å². The summed E-state index contributed by atoms with van der Waals surface area (Å²) in [5, 5.41) is 54.7. The van der Waals surface area contributed by atoms with E-state index in [1.165, 1.54) is 0 Å². The summed E-state index contributed by atoms with van der Waals surface area (Å²) in [5.41, 5.74) is 0. The van der Waals surface area contributed by atoms with Crippen molar-refractivity contribution in [2.24, 2.45) is 0 Å². The highest BCUT2D eigenvalue weighted by molar-refractivity contribution is 4.97. The zero-order chi connectivity index (χ0) is 11.8. The maximum Gasteiger partial charge on any atom is 0.219 e. The zero-order valence-electron chi connectivity index (χ0n) is 8.19. The predicted molar refractivity (Wildman–Crippen MR) is 42.0 cm³/mol. The van der Waals surface area contributed by atoms with E-state index in [1.54, 1.807) is 0 Å². The van der Waals surface area contributed by atoms with Crippen molar-refractivity contribution in [1.82, 2.24) is 0 Å². The maximum atomic E-state index is 9.46. The Balaban J connectivity index is 2.84. The van der Waals surface area contributed by atoms with Crippen LogP contribution in [0.2, 0.25) is 0 Å². The lowest BCUT2D eigenvalue weighted by atomic mass is 10.0. The van der Waals surface area contributed by atoms with Gasteiger partial charge in [-0.2, -0.15) is 0 Å². The summed E-state index contributed by atoms with van der Waals surface area (Å²) < 4.78 is 11.4. The van der Waals surface area contributed by atoms with Gasteiger partial charge in [0.25, 0.3) is 0 Å². The Kier molecular flexibility index (Phi) is 2.98. The maximum absolute atomic E-state index is 9.46. The molecule has 6 N–H and O–H groups in total. The molecule has 1 aliphatic rings. The second kappa shape index (κ2) is 4.07. The molecule has 0 aromatic rings. The molecule has 1 rings (SSSR count). The average molecular weight is 211 g/mol. The molecule has 7 nitrogen and oxygen atoms in total. The van der Waals surface area contributed by atoms with Crippen LogP contribution >= 0.6 is 0 Å². The lowest BCUT2D eigenvalue weighted by Crippen LogP contribution is -2.46. The Hall–Kier alpha value is -0.280. The van der Waals surface area contributed by atoms with Gasteiger partial charge >= 0.3 is 0 Å². The SMILES string of the molecule is [2H]C(O)C1(O)O[C@H]([C@H](O)CO)[C@H](O)[C@@H]1O. The number of hydrogen-bond donors (Lipinski definition) is 6. The molecule has 0 saturated carbocycles. The zero-order valence-corrected chi connectivity index (χ0v) is 7.19. The van der Waals surface area contributed by atoms with Gasteiger partial charge in [0.15, 0.2) is 0 Å². The minimum Gasteiger partial charge on any atom is -0.394 e. The van der Waals surface area contributed by atoms with Gasteiger partial charge in [-0.05, 0) is 0 Å². The van der Waals surface area contributed by atoms with Crippen molar-refractivity contribution < 1.29 is 36.7 Å². The van der Waals surface area contributed by atoms with Crippen LogP contribution in [0.15, 0.2) is 0 Å². The molecule has 1 saturated heterocycles. The highest BCUT2D eigenvalue weighted by Gasteiger charge is 2.54. The van der Waals surface area contributed by atoms with Crippen molar-refractivity contribution in [2.75, 3.05) is 13.2 Å². The summed E-state index contributed by atoms with van der Waals surface area (Å²) in [6, 6.07) is 0. The average Bonchev–Trinajstić information content (AvgIpc) is 2.43. The Morgan fingerprint density at radius 3 is 2.36 bits per heavy atom. The van der Waals surface area contributed by atoms with E-state index in [0.29, 0.717) is 0 Å². The minimum atomic E-state index is -2.67. The monoisotopic (exact) mass is 211 g/mol. The fourth-order valence-corrected chi connectivity index (χ4v) is 1.30. The van der Waals surface area contributed by atoms with E-state index < -0.39 is 43.4 Å². The molecule has 0 bridgehead atoms. The van der Waals surface area contributed by atoms with Crippen LogP contribution in [-0.4, -0.2) is 74.0 Å². The van der Waals surface area contributed by atoms with Crippen LogP contribution in [0.25, 0.3) is 0 Å². The standard InChI is InChI=1S/C7H14O7/c8-1-3(10)5-4(11)6(12)7(13,2-9)14-5/h3-6,8-13H,1-2H2/t3-,4+,5-,6+,7?/m1/s1/i2D/t2?,3-,4+,5-,6+,7?. The molecule has 84 valence electrons. The Bertz CT molecular complexity index is 225. The molecular weight excluding hydrogens is 196 g/mol. The molecule has 0 aromatic carbocycles. The molecule has 7 heteroatoms. The van der Waals surface area contributed by atoms with Gasteiger partial charge in [-0.3, -0.25) is 0 Å². The first-order chi connectivity index (χ1) is 6.84. The molecule has 2 unspecified atom stereocenters. The van der Waals surface area contributed by atoms with Gasteiger partial charge in [0.1, 0.15) is 24.4 Å². The largest absolute Gasteiger partial charge is 0.394 e. The number of aliphatic hydroxyl groups is 6. The number of hydrogen-bond acceptors (Lipinski definition) is 7. The van der Waals surface area contributed by atoms with E-state index in [9.17, 15) is 15.3 Å². The third kappa shape index (κ3) is 1.75. The van der Waals surface area contributed by atoms with Crippen LogP contribution in [-0.2, 0) is 4.74 Å². The normalized spacial score (nSPS) is 48.7. The second-order valence-corrected chi connectivity index (χ2v) is 3.15. The van der Waals surface area contributed by atoms with Crippen LogP contribution in [0.4, 0.5) is 0 Å². The first-order valence-corrected chi connectivity index (χ1v) is 4.00. The molecule has 14 heavy (non-hydrogen) atoms. The second-order valence-electron chi connectivity index (χ2n) is 3.15. The van der Waals surface area contributed by atoms with Gasteiger partial charge < -0.3 is 35.4 Å². The van der Waals surface area contributed by atoms with E-state index in [2.05, 4.69) is 4.74 Å². The van der Waals surface area contributed by atoms with Gasteiger partial charge in [-0.15, -0.1) is 0 Å². The van der Waals surface area contributed by atoms with Crippen molar-refractivity contribution in [3.05, 3.63) is 0 Å². The van der Waals surface area contributed by atoms with E-state index in [4.69, 9.17) is 16.7 Å². The Labute approximate surface area is 81.2 Å². The van der Waals surface area contributed by atoms with E-state index in [1.807, 2.05) is 0 Å². The van der Waals surface area contributed by atoms with Crippen LogP contribution < -0.4 is 0 Å². The number of rotatable bonds is 3. The predicted octanol–water partition coefficient (Wildman–Crippen LogP) is -3.86. The summed E-state index contributed by atoms with van der Waals surface area (Å²) in [4.78, 5) is 0. The molecule has 0 amide bonds. The van der Waals surface area contributed by atoms with Gasteiger partial charge in [0, 0.05) is 0 Å². The summed E-state index contributed by atoms with van der Waals surface area (Å²) in [5.74, 6) is -2.67.